The lowest BCUT2D eigenvalue weighted by Gasteiger charge is -2.08. The number of carbonyl (C=O) groups excluding carboxylic acids is 1. The van der Waals surface area contributed by atoms with Crippen LogP contribution in [0.2, 0.25) is 0 Å². The van der Waals surface area contributed by atoms with E-state index in [1.54, 1.807) is 24.5 Å². The quantitative estimate of drug-likeness (QED) is 0.590. The van der Waals surface area contributed by atoms with E-state index in [1.807, 2.05) is 34.9 Å². The third kappa shape index (κ3) is 3.29. The third-order valence-corrected chi connectivity index (χ3v) is 4.33. The molecule has 1 N–H and O–H groups in total. The number of carbonyl (C=O) groups is 1. The maximum atomic E-state index is 13.7. The van der Waals surface area contributed by atoms with E-state index < -0.39 is 17.5 Å². The van der Waals surface area contributed by atoms with Gasteiger partial charge in [0.25, 0.3) is 5.91 Å². The van der Waals surface area contributed by atoms with Gasteiger partial charge in [-0.15, -0.1) is 0 Å². The molecule has 0 radical (unpaired) electrons. The Morgan fingerprint density at radius 3 is 2.44 bits per heavy atom. The van der Waals surface area contributed by atoms with E-state index in [4.69, 9.17) is 0 Å². The molecule has 27 heavy (non-hydrogen) atoms. The number of benzene rings is 3. The number of hydrogen-bond donors (Lipinski definition) is 1. The number of fused-ring (bicyclic) bond motifs is 1. The standard InChI is InChI=1S/C21H15F2N3O/c22-17-7-4-8-18(23)16(17)12-24-21(27)14-9-10-20-19(11-14)25-13-26(20)15-5-2-1-3-6-15/h1-11,13H,12H2,(H,24,27). The molecule has 1 aromatic heterocycles. The number of aromatic nitrogens is 2. The van der Waals surface area contributed by atoms with Gasteiger partial charge in [0, 0.05) is 23.4 Å². The fourth-order valence-corrected chi connectivity index (χ4v) is 2.92. The lowest BCUT2D eigenvalue weighted by molar-refractivity contribution is 0.0950. The molecule has 0 aliphatic heterocycles. The van der Waals surface area contributed by atoms with E-state index in [-0.39, 0.29) is 12.1 Å². The van der Waals surface area contributed by atoms with Crippen LogP contribution in [-0.2, 0) is 6.54 Å². The summed E-state index contributed by atoms with van der Waals surface area (Å²) in [6.07, 6.45) is 1.69. The van der Waals surface area contributed by atoms with Gasteiger partial charge in [-0.2, -0.15) is 0 Å². The topological polar surface area (TPSA) is 46.9 Å². The number of hydrogen-bond acceptors (Lipinski definition) is 2. The second-order valence-corrected chi connectivity index (χ2v) is 6.04. The molecule has 0 fully saturated rings. The molecule has 3 aromatic carbocycles. The molecule has 1 heterocycles. The van der Waals surface area contributed by atoms with Crippen LogP contribution in [0.25, 0.3) is 16.7 Å². The lowest BCUT2D eigenvalue weighted by Crippen LogP contribution is -2.24. The van der Waals surface area contributed by atoms with Gasteiger partial charge in [0.1, 0.15) is 18.0 Å². The van der Waals surface area contributed by atoms with Crippen molar-refractivity contribution in [1.82, 2.24) is 14.9 Å². The molecular weight excluding hydrogens is 348 g/mol. The number of halogens is 2. The second kappa shape index (κ2) is 6.99. The highest BCUT2D eigenvalue weighted by atomic mass is 19.1. The molecular formula is C21H15F2N3O. The smallest absolute Gasteiger partial charge is 0.251 e. The number of nitrogens with one attached hydrogen (secondary N) is 1. The van der Waals surface area contributed by atoms with Crippen molar-refractivity contribution < 1.29 is 13.6 Å². The SMILES string of the molecule is O=C(NCc1c(F)cccc1F)c1ccc2c(c1)ncn2-c1ccccc1. The van der Waals surface area contributed by atoms with Crippen LogP contribution < -0.4 is 5.32 Å². The van der Waals surface area contributed by atoms with Crippen molar-refractivity contribution in [2.24, 2.45) is 0 Å². The van der Waals surface area contributed by atoms with Gasteiger partial charge in [0.2, 0.25) is 0 Å². The van der Waals surface area contributed by atoms with Crippen LogP contribution in [0.3, 0.4) is 0 Å². The highest BCUT2D eigenvalue weighted by molar-refractivity contribution is 5.97. The minimum atomic E-state index is -0.688. The number of para-hydroxylation sites is 1. The Morgan fingerprint density at radius 1 is 0.963 bits per heavy atom. The van der Waals surface area contributed by atoms with Crippen LogP contribution in [0.5, 0.6) is 0 Å². The Morgan fingerprint density at radius 2 is 1.70 bits per heavy atom. The minimum absolute atomic E-state index is 0.166. The monoisotopic (exact) mass is 363 g/mol. The van der Waals surface area contributed by atoms with Crippen molar-refractivity contribution in [1.29, 1.82) is 0 Å². The number of amides is 1. The van der Waals surface area contributed by atoms with Gasteiger partial charge < -0.3 is 5.32 Å². The summed E-state index contributed by atoms with van der Waals surface area (Å²) in [6.45, 7) is -0.228. The van der Waals surface area contributed by atoms with Gasteiger partial charge in [-0.05, 0) is 42.5 Å². The largest absolute Gasteiger partial charge is 0.348 e. The van der Waals surface area contributed by atoms with Crippen molar-refractivity contribution in [3.63, 3.8) is 0 Å². The number of imidazole rings is 1. The van der Waals surface area contributed by atoms with Crippen molar-refractivity contribution >= 4 is 16.9 Å². The summed E-state index contributed by atoms with van der Waals surface area (Å²) in [5.41, 5.74) is 2.69. The van der Waals surface area contributed by atoms with Crippen LogP contribution >= 0.6 is 0 Å². The van der Waals surface area contributed by atoms with Gasteiger partial charge in [-0.1, -0.05) is 24.3 Å². The van der Waals surface area contributed by atoms with Crippen LogP contribution in [0.15, 0.2) is 73.1 Å². The van der Waals surface area contributed by atoms with Crippen LogP contribution in [0.4, 0.5) is 8.78 Å². The molecule has 134 valence electrons. The first-order valence-corrected chi connectivity index (χ1v) is 8.37. The van der Waals surface area contributed by atoms with Gasteiger partial charge >= 0.3 is 0 Å². The maximum Gasteiger partial charge on any atom is 0.251 e. The zero-order valence-corrected chi connectivity index (χ0v) is 14.2. The van der Waals surface area contributed by atoms with Crippen molar-refractivity contribution in [3.05, 3.63) is 95.8 Å². The Bertz CT molecular complexity index is 1100. The Hall–Kier alpha value is -3.54. The van der Waals surface area contributed by atoms with E-state index in [2.05, 4.69) is 10.3 Å². The summed E-state index contributed by atoms with van der Waals surface area (Å²) in [4.78, 5) is 16.7. The molecule has 0 bridgehead atoms. The first-order chi connectivity index (χ1) is 13.1. The molecule has 0 spiro atoms. The Kier molecular flexibility index (Phi) is 4.38. The van der Waals surface area contributed by atoms with Crippen LogP contribution in [-0.4, -0.2) is 15.5 Å². The first-order valence-electron chi connectivity index (χ1n) is 8.37. The van der Waals surface area contributed by atoms with Crippen molar-refractivity contribution in [2.45, 2.75) is 6.54 Å². The average Bonchev–Trinajstić information content (AvgIpc) is 3.11. The molecule has 0 unspecified atom stereocenters. The van der Waals surface area contributed by atoms with E-state index in [0.717, 1.165) is 23.3 Å². The molecule has 1 amide bonds. The summed E-state index contributed by atoms with van der Waals surface area (Å²) in [5.74, 6) is -1.80. The fraction of sp³-hybridized carbons (Fsp3) is 0.0476. The van der Waals surface area contributed by atoms with Gasteiger partial charge in [0.05, 0.1) is 11.0 Å². The van der Waals surface area contributed by atoms with Gasteiger partial charge in [-0.3, -0.25) is 9.36 Å². The zero-order valence-electron chi connectivity index (χ0n) is 14.2. The maximum absolute atomic E-state index is 13.7. The summed E-state index contributed by atoms with van der Waals surface area (Å²) in [7, 11) is 0. The highest BCUT2D eigenvalue weighted by Crippen LogP contribution is 2.19. The highest BCUT2D eigenvalue weighted by Gasteiger charge is 2.13. The minimum Gasteiger partial charge on any atom is -0.348 e. The molecule has 6 heteroatoms. The van der Waals surface area contributed by atoms with E-state index in [1.165, 1.54) is 6.07 Å². The summed E-state index contributed by atoms with van der Waals surface area (Å²) in [6, 6.07) is 18.5. The summed E-state index contributed by atoms with van der Waals surface area (Å²) >= 11 is 0. The molecule has 0 atom stereocenters. The van der Waals surface area contributed by atoms with E-state index in [0.29, 0.717) is 11.1 Å². The summed E-state index contributed by atoms with van der Waals surface area (Å²) in [5, 5.41) is 2.55. The van der Waals surface area contributed by atoms with E-state index >= 15 is 0 Å². The normalized spacial score (nSPS) is 10.9. The zero-order chi connectivity index (χ0) is 18.8. The average molecular weight is 363 g/mol. The van der Waals surface area contributed by atoms with Crippen molar-refractivity contribution in [2.75, 3.05) is 0 Å². The first kappa shape index (κ1) is 16.9. The van der Waals surface area contributed by atoms with Gasteiger partial charge in [-0.25, -0.2) is 13.8 Å². The molecule has 4 aromatic rings. The van der Waals surface area contributed by atoms with Crippen molar-refractivity contribution in [3.8, 4) is 5.69 Å². The third-order valence-electron chi connectivity index (χ3n) is 4.33. The lowest BCUT2D eigenvalue weighted by atomic mass is 10.1. The number of rotatable bonds is 4. The fourth-order valence-electron chi connectivity index (χ4n) is 2.92. The van der Waals surface area contributed by atoms with Crippen LogP contribution in [0, 0.1) is 11.6 Å². The van der Waals surface area contributed by atoms with Gasteiger partial charge in [0.15, 0.2) is 0 Å². The number of nitrogens with zero attached hydrogens (tertiary/aromatic N) is 2. The molecule has 4 rings (SSSR count). The molecule has 0 saturated carbocycles. The molecule has 4 nitrogen and oxygen atoms in total. The summed E-state index contributed by atoms with van der Waals surface area (Å²) < 4.78 is 29.3. The predicted octanol–water partition coefficient (Wildman–Crippen LogP) is 4.23. The van der Waals surface area contributed by atoms with Crippen LogP contribution in [0.1, 0.15) is 15.9 Å². The molecule has 0 aliphatic rings. The second-order valence-electron chi connectivity index (χ2n) is 6.04. The predicted molar refractivity (Wildman–Crippen MR) is 98.6 cm³/mol. The molecule has 0 saturated heterocycles. The Labute approximate surface area is 154 Å². The van der Waals surface area contributed by atoms with E-state index in [9.17, 15) is 13.6 Å². The molecule has 0 aliphatic carbocycles. The Balaban J connectivity index is 1.56.